The first-order chi connectivity index (χ1) is 16.0. The van der Waals surface area contributed by atoms with Gasteiger partial charge in [-0.05, 0) is 48.8 Å². The molecule has 4 rings (SSSR count). The molecule has 1 amide bonds. The number of phenols is 1. The van der Waals surface area contributed by atoms with Crippen LogP contribution >= 0.6 is 0 Å². The van der Waals surface area contributed by atoms with Crippen LogP contribution in [0.1, 0.15) is 47.9 Å². The summed E-state index contributed by atoms with van der Waals surface area (Å²) in [4.78, 5) is 15.2. The van der Waals surface area contributed by atoms with Gasteiger partial charge in [-0.3, -0.25) is 9.69 Å². The van der Waals surface area contributed by atoms with Crippen LogP contribution in [-0.2, 0) is 6.54 Å². The van der Waals surface area contributed by atoms with E-state index >= 15 is 0 Å². The number of piperidine rings is 1. The highest BCUT2D eigenvalue weighted by Crippen LogP contribution is 2.28. The number of hydrogen-bond acceptors (Lipinski definition) is 11. The largest absolute Gasteiger partial charge is 0.504 e. The van der Waals surface area contributed by atoms with Gasteiger partial charge in [0.15, 0.2) is 17.2 Å². The second kappa shape index (κ2) is 9.65. The number of carbonyl (C=O) groups excluding carboxylic acids is 1. The van der Waals surface area contributed by atoms with Crippen molar-refractivity contribution in [1.29, 1.82) is 0 Å². The Balaban J connectivity index is 1.59. The molecule has 13 nitrogen and oxygen atoms in total. The fraction of sp³-hybridized carbons (Fsp3) is 0.400. The van der Waals surface area contributed by atoms with Crippen molar-refractivity contribution < 1.29 is 19.3 Å². The van der Waals surface area contributed by atoms with E-state index in [0.717, 1.165) is 25.8 Å². The van der Waals surface area contributed by atoms with Crippen LogP contribution in [-0.4, -0.2) is 67.1 Å². The number of nitrogens with one attached hydrogen (secondary N) is 1. The van der Waals surface area contributed by atoms with Crippen molar-refractivity contribution >= 4 is 17.9 Å². The van der Waals surface area contributed by atoms with E-state index < -0.39 is 5.91 Å². The van der Waals surface area contributed by atoms with Crippen LogP contribution in [0.4, 0.5) is 5.82 Å². The van der Waals surface area contributed by atoms with E-state index in [1.54, 1.807) is 18.2 Å². The van der Waals surface area contributed by atoms with E-state index in [9.17, 15) is 9.90 Å². The third kappa shape index (κ3) is 4.62. The van der Waals surface area contributed by atoms with E-state index in [-0.39, 0.29) is 23.1 Å². The molecule has 0 radical (unpaired) electrons. The first kappa shape index (κ1) is 22.2. The molecule has 174 valence electrons. The molecule has 0 aliphatic carbocycles. The smallest absolute Gasteiger partial charge is 0.293 e. The summed E-state index contributed by atoms with van der Waals surface area (Å²) in [6, 6.07) is 5.27. The number of ether oxygens (including phenoxy) is 1. The topological polar surface area (TPSA) is 170 Å². The van der Waals surface area contributed by atoms with E-state index in [4.69, 9.17) is 15.1 Å². The number of para-hydroxylation sites is 1. The van der Waals surface area contributed by atoms with Crippen LogP contribution in [0.5, 0.6) is 11.5 Å². The molecular weight excluding hydrogens is 430 g/mol. The summed E-state index contributed by atoms with van der Waals surface area (Å²) in [7, 11) is 1.45. The third-order valence-corrected chi connectivity index (χ3v) is 5.59. The van der Waals surface area contributed by atoms with Crippen LogP contribution in [0.3, 0.4) is 0 Å². The van der Waals surface area contributed by atoms with Crippen LogP contribution in [0.25, 0.3) is 5.82 Å². The van der Waals surface area contributed by atoms with E-state index in [0.29, 0.717) is 29.6 Å². The van der Waals surface area contributed by atoms with Gasteiger partial charge in [0.2, 0.25) is 11.6 Å². The molecular formula is C20H25N9O4. The predicted octanol–water partition coefficient (Wildman–Crippen LogP) is 1.08. The number of nitrogen functional groups attached to an aromatic ring is 1. The number of phenolic OH excluding ortho intramolecular Hbond substituents is 1. The average Bonchev–Trinajstić information content (AvgIpc) is 3.42. The molecule has 33 heavy (non-hydrogen) atoms. The molecule has 1 aliphatic rings. The fourth-order valence-electron chi connectivity index (χ4n) is 3.73. The maximum Gasteiger partial charge on any atom is 0.293 e. The van der Waals surface area contributed by atoms with Crippen molar-refractivity contribution in [3.8, 4) is 17.3 Å². The Labute approximate surface area is 189 Å². The summed E-state index contributed by atoms with van der Waals surface area (Å²) >= 11 is 0. The molecule has 3 heterocycles. The van der Waals surface area contributed by atoms with Crippen molar-refractivity contribution in [3.05, 3.63) is 35.2 Å². The summed E-state index contributed by atoms with van der Waals surface area (Å²) in [5.41, 5.74) is 9.21. The van der Waals surface area contributed by atoms with Crippen LogP contribution in [0, 0.1) is 0 Å². The minimum atomic E-state index is -0.574. The number of hydrogen-bond donors (Lipinski definition) is 3. The van der Waals surface area contributed by atoms with Gasteiger partial charge in [-0.2, -0.15) is 9.78 Å². The number of methoxy groups -OCH3 is 1. The predicted molar refractivity (Wildman–Crippen MR) is 117 cm³/mol. The maximum atomic E-state index is 12.9. The SMILES string of the molecule is COc1cccc(/C=N/NC(=O)c2nnn(-c3nonc3N)c2CN2CCCC[C@H]2C)c1O. The van der Waals surface area contributed by atoms with E-state index in [2.05, 4.69) is 43.0 Å². The van der Waals surface area contributed by atoms with Gasteiger partial charge in [0, 0.05) is 18.2 Å². The zero-order valence-electron chi connectivity index (χ0n) is 18.3. The molecule has 3 aromatic rings. The maximum absolute atomic E-state index is 12.9. The second-order valence-corrected chi connectivity index (χ2v) is 7.68. The number of anilines is 1. The highest BCUT2D eigenvalue weighted by molar-refractivity contribution is 5.94. The molecule has 0 bridgehead atoms. The summed E-state index contributed by atoms with van der Waals surface area (Å²) < 4.78 is 11.1. The molecule has 2 aromatic heterocycles. The zero-order chi connectivity index (χ0) is 23.4. The van der Waals surface area contributed by atoms with Crippen molar-refractivity contribution in [2.24, 2.45) is 5.10 Å². The van der Waals surface area contributed by atoms with Crippen LogP contribution < -0.4 is 15.9 Å². The fourth-order valence-corrected chi connectivity index (χ4v) is 3.73. The standard InChI is InChI=1S/C20H25N9O4/c1-12-6-3-4-9-28(12)11-14-16(23-27-29(14)19-18(21)25-33-26-19)20(31)24-22-10-13-7-5-8-15(32-2)17(13)30/h5,7-8,10,12,30H,3-4,6,9,11H2,1-2H3,(H2,21,25)(H,24,31)/b22-10+/t12-/m1/s1. The van der Waals surface area contributed by atoms with E-state index in [1.807, 2.05) is 0 Å². The Kier molecular flexibility index (Phi) is 6.49. The first-order valence-electron chi connectivity index (χ1n) is 10.5. The molecule has 1 fully saturated rings. The summed E-state index contributed by atoms with van der Waals surface area (Å²) in [5, 5.41) is 29.6. The number of amides is 1. The van der Waals surface area contributed by atoms with Gasteiger partial charge in [-0.1, -0.05) is 17.7 Å². The molecule has 0 spiro atoms. The first-order valence-corrected chi connectivity index (χ1v) is 10.5. The number of carbonyl (C=O) groups is 1. The Hall–Kier alpha value is -4.00. The van der Waals surface area contributed by atoms with Crippen LogP contribution in [0.2, 0.25) is 0 Å². The van der Waals surface area contributed by atoms with Crippen LogP contribution in [0.15, 0.2) is 27.9 Å². The molecule has 0 unspecified atom stereocenters. The number of aromatic hydroxyl groups is 1. The summed E-state index contributed by atoms with van der Waals surface area (Å²) in [6.45, 7) is 3.43. The molecule has 1 aliphatic heterocycles. The minimum Gasteiger partial charge on any atom is -0.504 e. The van der Waals surface area contributed by atoms with Gasteiger partial charge in [0.25, 0.3) is 5.91 Å². The van der Waals surface area contributed by atoms with Gasteiger partial charge < -0.3 is 15.6 Å². The number of nitrogens with two attached hydrogens (primary N) is 1. The molecule has 1 aromatic carbocycles. The summed E-state index contributed by atoms with van der Waals surface area (Å²) in [5.74, 6) is -0.172. The van der Waals surface area contributed by atoms with Crippen molar-refractivity contribution in [2.75, 3.05) is 19.4 Å². The number of benzene rings is 1. The van der Waals surface area contributed by atoms with E-state index in [1.165, 1.54) is 18.0 Å². The Morgan fingerprint density at radius 3 is 3.00 bits per heavy atom. The Bertz CT molecular complexity index is 1160. The number of rotatable bonds is 7. The van der Waals surface area contributed by atoms with Gasteiger partial charge in [0.05, 0.1) is 19.0 Å². The van der Waals surface area contributed by atoms with Gasteiger partial charge in [-0.15, -0.1) is 5.10 Å². The quantitative estimate of drug-likeness (QED) is 0.346. The monoisotopic (exact) mass is 455 g/mol. The van der Waals surface area contributed by atoms with Crippen molar-refractivity contribution in [1.82, 2.24) is 35.6 Å². The normalized spacial score (nSPS) is 16.8. The highest BCUT2D eigenvalue weighted by Gasteiger charge is 2.28. The lowest BCUT2D eigenvalue weighted by Gasteiger charge is -2.33. The Morgan fingerprint density at radius 1 is 1.42 bits per heavy atom. The lowest BCUT2D eigenvalue weighted by Crippen LogP contribution is -2.38. The summed E-state index contributed by atoms with van der Waals surface area (Å²) in [6.07, 6.45) is 4.60. The number of nitrogens with zero attached hydrogens (tertiary/aromatic N) is 7. The minimum absolute atomic E-state index is 0.0336. The van der Waals surface area contributed by atoms with Crippen molar-refractivity contribution in [3.63, 3.8) is 0 Å². The molecule has 1 saturated heterocycles. The average molecular weight is 455 g/mol. The van der Waals surface area contributed by atoms with Gasteiger partial charge >= 0.3 is 0 Å². The lowest BCUT2D eigenvalue weighted by atomic mass is 10.0. The van der Waals surface area contributed by atoms with Gasteiger partial charge in [0.1, 0.15) is 0 Å². The molecule has 0 saturated carbocycles. The number of hydrazone groups is 1. The zero-order valence-corrected chi connectivity index (χ0v) is 18.3. The van der Waals surface area contributed by atoms with Gasteiger partial charge in [-0.25, -0.2) is 10.1 Å². The van der Waals surface area contributed by atoms with Crippen molar-refractivity contribution in [2.45, 2.75) is 38.8 Å². The molecule has 13 heteroatoms. The molecule has 4 N–H and O–H groups in total. The second-order valence-electron chi connectivity index (χ2n) is 7.68. The number of aromatic nitrogens is 5. The number of likely N-dealkylation sites (tertiary alicyclic amines) is 1. The lowest BCUT2D eigenvalue weighted by molar-refractivity contribution is 0.0945. The Morgan fingerprint density at radius 2 is 2.27 bits per heavy atom. The third-order valence-electron chi connectivity index (χ3n) is 5.59. The highest BCUT2D eigenvalue weighted by atomic mass is 16.6. The molecule has 1 atom stereocenters.